The van der Waals surface area contributed by atoms with Crippen molar-refractivity contribution < 1.29 is 0 Å². The summed E-state index contributed by atoms with van der Waals surface area (Å²) >= 11 is 0. The fraction of sp³-hybridized carbons (Fsp3) is 0.600. The molecule has 1 heterocycles. The van der Waals surface area contributed by atoms with Crippen LogP contribution in [0, 0.1) is 13.8 Å². The highest BCUT2D eigenvalue weighted by Gasteiger charge is 2.08. The molecule has 4 N–H and O–H groups in total. The van der Waals surface area contributed by atoms with Crippen LogP contribution >= 0.6 is 0 Å². The van der Waals surface area contributed by atoms with E-state index < -0.39 is 0 Å². The number of anilines is 1. The minimum absolute atomic E-state index is 0.580. The van der Waals surface area contributed by atoms with Crippen LogP contribution in [0.25, 0.3) is 0 Å². The zero-order valence-electron chi connectivity index (χ0n) is 9.40. The SMILES string of the molecule is Cc1cc(C)nc(N(CCN)CCN)n1. The van der Waals surface area contributed by atoms with Gasteiger partial charge in [-0.2, -0.15) is 0 Å². The third-order valence-corrected chi connectivity index (χ3v) is 2.05. The summed E-state index contributed by atoms with van der Waals surface area (Å²) < 4.78 is 0. The van der Waals surface area contributed by atoms with Gasteiger partial charge in [0.2, 0.25) is 5.95 Å². The Morgan fingerprint density at radius 3 is 1.93 bits per heavy atom. The molecule has 0 bridgehead atoms. The van der Waals surface area contributed by atoms with Crippen molar-refractivity contribution in [3.8, 4) is 0 Å². The zero-order valence-corrected chi connectivity index (χ0v) is 9.40. The molecule has 0 aliphatic rings. The molecule has 0 radical (unpaired) electrons. The predicted molar refractivity (Wildman–Crippen MR) is 61.8 cm³/mol. The van der Waals surface area contributed by atoms with Crippen LogP contribution in [-0.2, 0) is 0 Å². The van der Waals surface area contributed by atoms with E-state index in [0.717, 1.165) is 30.4 Å². The summed E-state index contributed by atoms with van der Waals surface area (Å²) in [6, 6.07) is 1.95. The maximum atomic E-state index is 5.54. The molecule has 1 aromatic rings. The smallest absolute Gasteiger partial charge is 0.225 e. The lowest BCUT2D eigenvalue weighted by molar-refractivity contribution is 0.749. The van der Waals surface area contributed by atoms with Crippen LogP contribution in [0.4, 0.5) is 5.95 Å². The van der Waals surface area contributed by atoms with Gasteiger partial charge >= 0.3 is 0 Å². The second kappa shape index (κ2) is 5.63. The van der Waals surface area contributed by atoms with Gasteiger partial charge in [-0.1, -0.05) is 0 Å². The molecule has 5 nitrogen and oxygen atoms in total. The molecule has 0 fully saturated rings. The molecule has 84 valence electrons. The molecule has 0 saturated carbocycles. The maximum Gasteiger partial charge on any atom is 0.225 e. The Balaban J connectivity index is 2.88. The van der Waals surface area contributed by atoms with Gasteiger partial charge < -0.3 is 16.4 Å². The van der Waals surface area contributed by atoms with Crippen LogP contribution in [0.3, 0.4) is 0 Å². The van der Waals surface area contributed by atoms with E-state index in [4.69, 9.17) is 11.5 Å². The number of nitrogens with two attached hydrogens (primary N) is 2. The number of hydrogen-bond acceptors (Lipinski definition) is 5. The van der Waals surface area contributed by atoms with E-state index >= 15 is 0 Å². The fourth-order valence-electron chi connectivity index (χ4n) is 1.47. The van der Waals surface area contributed by atoms with E-state index in [1.54, 1.807) is 0 Å². The summed E-state index contributed by atoms with van der Waals surface area (Å²) in [5.41, 5.74) is 13.0. The van der Waals surface area contributed by atoms with Crippen LogP contribution < -0.4 is 16.4 Å². The molecule has 1 rings (SSSR count). The molecular formula is C10H19N5. The van der Waals surface area contributed by atoms with Crippen LogP contribution in [-0.4, -0.2) is 36.1 Å². The van der Waals surface area contributed by atoms with E-state index in [1.165, 1.54) is 0 Å². The van der Waals surface area contributed by atoms with Crippen LogP contribution in [0.1, 0.15) is 11.4 Å². The molecule has 0 amide bonds. The Labute approximate surface area is 90.5 Å². The zero-order chi connectivity index (χ0) is 11.3. The highest BCUT2D eigenvalue weighted by Crippen LogP contribution is 2.08. The van der Waals surface area contributed by atoms with Gasteiger partial charge in [-0.25, -0.2) is 9.97 Å². The van der Waals surface area contributed by atoms with E-state index in [0.29, 0.717) is 13.1 Å². The van der Waals surface area contributed by atoms with Crippen LogP contribution in [0.15, 0.2) is 6.07 Å². The average Bonchev–Trinajstić information content (AvgIpc) is 2.16. The first-order valence-corrected chi connectivity index (χ1v) is 5.14. The van der Waals surface area contributed by atoms with Crippen molar-refractivity contribution in [2.75, 3.05) is 31.1 Å². The largest absolute Gasteiger partial charge is 0.338 e. The first kappa shape index (κ1) is 11.9. The van der Waals surface area contributed by atoms with E-state index in [1.807, 2.05) is 24.8 Å². The molecule has 0 unspecified atom stereocenters. The van der Waals surface area contributed by atoms with Crippen molar-refractivity contribution in [3.63, 3.8) is 0 Å². The number of nitrogens with zero attached hydrogens (tertiary/aromatic N) is 3. The molecule has 0 aliphatic carbocycles. The molecular weight excluding hydrogens is 190 g/mol. The van der Waals surface area contributed by atoms with Gasteiger partial charge in [0, 0.05) is 37.6 Å². The Bertz CT molecular complexity index is 286. The summed E-state index contributed by atoms with van der Waals surface area (Å²) in [6.45, 7) is 6.55. The first-order chi connectivity index (χ1) is 7.17. The van der Waals surface area contributed by atoms with Gasteiger partial charge in [-0.3, -0.25) is 0 Å². The average molecular weight is 209 g/mol. The second-order valence-electron chi connectivity index (χ2n) is 3.52. The third kappa shape index (κ3) is 3.45. The standard InChI is InChI=1S/C10H19N5/c1-8-7-9(2)14-10(13-8)15(5-3-11)6-4-12/h7H,3-6,11-12H2,1-2H3. The quantitative estimate of drug-likeness (QED) is 0.703. The van der Waals surface area contributed by atoms with Crippen LogP contribution in [0.2, 0.25) is 0 Å². The number of rotatable bonds is 5. The van der Waals surface area contributed by atoms with E-state index in [-0.39, 0.29) is 0 Å². The maximum absolute atomic E-state index is 5.54. The number of aromatic nitrogens is 2. The molecule has 5 heteroatoms. The van der Waals surface area contributed by atoms with Gasteiger partial charge in [0.25, 0.3) is 0 Å². The minimum Gasteiger partial charge on any atom is -0.338 e. The van der Waals surface area contributed by atoms with Crippen molar-refractivity contribution in [2.45, 2.75) is 13.8 Å². The molecule has 0 aliphatic heterocycles. The summed E-state index contributed by atoms with van der Waals surface area (Å²) in [5, 5.41) is 0. The Morgan fingerprint density at radius 1 is 1.07 bits per heavy atom. The topological polar surface area (TPSA) is 81.1 Å². The number of aryl methyl sites for hydroxylation is 2. The normalized spacial score (nSPS) is 10.4. The lowest BCUT2D eigenvalue weighted by Gasteiger charge is -2.21. The van der Waals surface area contributed by atoms with Gasteiger partial charge in [0.1, 0.15) is 0 Å². The molecule has 0 saturated heterocycles. The van der Waals surface area contributed by atoms with Gasteiger partial charge in [0.05, 0.1) is 0 Å². The summed E-state index contributed by atoms with van der Waals surface area (Å²) in [6.07, 6.45) is 0. The van der Waals surface area contributed by atoms with Gasteiger partial charge in [-0.15, -0.1) is 0 Å². The lowest BCUT2D eigenvalue weighted by atomic mass is 10.3. The fourth-order valence-corrected chi connectivity index (χ4v) is 1.47. The lowest BCUT2D eigenvalue weighted by Crippen LogP contribution is -2.35. The summed E-state index contributed by atoms with van der Waals surface area (Å²) in [5.74, 6) is 0.725. The minimum atomic E-state index is 0.580. The van der Waals surface area contributed by atoms with Crippen molar-refractivity contribution in [1.29, 1.82) is 0 Å². The predicted octanol–water partition coefficient (Wildman–Crippen LogP) is -0.183. The van der Waals surface area contributed by atoms with Gasteiger partial charge in [-0.05, 0) is 19.9 Å². The van der Waals surface area contributed by atoms with Crippen molar-refractivity contribution in [1.82, 2.24) is 9.97 Å². The van der Waals surface area contributed by atoms with Crippen molar-refractivity contribution in [2.24, 2.45) is 11.5 Å². The summed E-state index contributed by atoms with van der Waals surface area (Å²) in [4.78, 5) is 10.8. The third-order valence-electron chi connectivity index (χ3n) is 2.05. The highest BCUT2D eigenvalue weighted by atomic mass is 15.3. The Hall–Kier alpha value is -1.20. The Kier molecular flexibility index (Phi) is 4.45. The molecule has 15 heavy (non-hydrogen) atoms. The molecule has 1 aromatic heterocycles. The van der Waals surface area contributed by atoms with Crippen LogP contribution in [0.5, 0.6) is 0 Å². The highest BCUT2D eigenvalue weighted by molar-refractivity contribution is 5.32. The van der Waals surface area contributed by atoms with Gasteiger partial charge in [0.15, 0.2) is 0 Å². The van der Waals surface area contributed by atoms with E-state index in [9.17, 15) is 0 Å². The van der Waals surface area contributed by atoms with Crippen molar-refractivity contribution in [3.05, 3.63) is 17.5 Å². The van der Waals surface area contributed by atoms with Crippen molar-refractivity contribution >= 4 is 5.95 Å². The summed E-state index contributed by atoms with van der Waals surface area (Å²) in [7, 11) is 0. The van der Waals surface area contributed by atoms with E-state index in [2.05, 4.69) is 9.97 Å². The molecule has 0 aromatic carbocycles. The molecule has 0 spiro atoms. The first-order valence-electron chi connectivity index (χ1n) is 5.14. The Morgan fingerprint density at radius 2 is 1.53 bits per heavy atom. The molecule has 0 atom stereocenters. The monoisotopic (exact) mass is 209 g/mol. The second-order valence-corrected chi connectivity index (χ2v) is 3.52. The number of hydrogen-bond donors (Lipinski definition) is 2.